The zero-order valence-electron chi connectivity index (χ0n) is 48.1. The second-order valence-corrected chi connectivity index (χ2v) is 22.7. The Morgan fingerprint density at radius 2 is 0.529 bits per heavy atom. The van der Waals surface area contributed by atoms with E-state index in [1.54, 1.807) is 0 Å². The second-order valence-electron chi connectivity index (χ2n) is 22.7. The number of rotatable bonds is 56. The third-order valence-electron chi connectivity index (χ3n) is 14.6. The van der Waals surface area contributed by atoms with Crippen LogP contribution >= 0.6 is 0 Å². The maximum atomic E-state index is 13.7. The van der Waals surface area contributed by atoms with Crippen molar-refractivity contribution in [3.05, 3.63) is 24.3 Å². The molecule has 0 aromatic carbocycles. The van der Waals surface area contributed by atoms with Gasteiger partial charge in [-0.05, 0) is 102 Å². The minimum atomic E-state index is -0.824. The minimum absolute atomic E-state index is 0.0151. The molecule has 0 aromatic rings. The number of hydrogen-bond acceptors (Lipinski definition) is 5. The fourth-order valence-electron chi connectivity index (χ4n) is 9.78. The molecule has 0 aromatic heterocycles. The van der Waals surface area contributed by atoms with Gasteiger partial charge in [0.15, 0.2) is 23.8 Å². The van der Waals surface area contributed by atoms with Crippen LogP contribution in [0.3, 0.4) is 0 Å². The molecule has 0 saturated carbocycles. The van der Waals surface area contributed by atoms with Crippen LogP contribution in [-0.2, 0) is 19.1 Å². The standard InChI is InChI=1S/C65H122O5/c1-7-9-11-13-15-17-19-21-23-31-37-43-49-55-61(66)63(57-51-45-39-33-27-25-29-35-41-47-53-59(3)4)69-65(68)70-64(58-52-46-40-34-28-26-30-36-42-48-54-60(5)6)62(67)56-50-44-38-32-24-22-20-18-16-14-12-10-8-2/h17-20,59-60,63-64H,7-16,21-58H2,1-6H3/b19-17-,20-18-. The van der Waals surface area contributed by atoms with Crippen LogP contribution in [0.4, 0.5) is 4.79 Å². The molecule has 0 aliphatic rings. The van der Waals surface area contributed by atoms with Gasteiger partial charge in [-0.15, -0.1) is 0 Å². The van der Waals surface area contributed by atoms with Gasteiger partial charge in [0.1, 0.15) is 0 Å². The lowest BCUT2D eigenvalue weighted by Gasteiger charge is -2.20. The molecule has 412 valence electrons. The van der Waals surface area contributed by atoms with E-state index in [0.29, 0.717) is 25.7 Å². The zero-order valence-corrected chi connectivity index (χ0v) is 48.1. The second kappa shape index (κ2) is 54.9. The van der Waals surface area contributed by atoms with Crippen molar-refractivity contribution in [2.45, 2.75) is 362 Å². The summed E-state index contributed by atoms with van der Waals surface area (Å²) in [7, 11) is 0. The Morgan fingerprint density at radius 1 is 0.300 bits per heavy atom. The summed E-state index contributed by atoms with van der Waals surface area (Å²) in [5.41, 5.74) is 0. The smallest absolute Gasteiger partial charge is 0.423 e. The third-order valence-corrected chi connectivity index (χ3v) is 14.6. The van der Waals surface area contributed by atoms with Crippen molar-refractivity contribution >= 4 is 17.7 Å². The highest BCUT2D eigenvalue weighted by molar-refractivity contribution is 5.86. The molecule has 0 aliphatic carbocycles. The first-order valence-corrected chi connectivity index (χ1v) is 31.4. The van der Waals surface area contributed by atoms with E-state index in [-0.39, 0.29) is 11.6 Å². The van der Waals surface area contributed by atoms with Crippen molar-refractivity contribution in [3.63, 3.8) is 0 Å². The highest BCUT2D eigenvalue weighted by atomic mass is 16.7. The molecule has 0 fully saturated rings. The Morgan fingerprint density at radius 3 is 0.800 bits per heavy atom. The van der Waals surface area contributed by atoms with Crippen LogP contribution in [0.25, 0.3) is 0 Å². The molecule has 0 spiro atoms. The fraction of sp³-hybridized carbons (Fsp3) is 0.892. The normalized spacial score (nSPS) is 12.8. The van der Waals surface area contributed by atoms with Crippen LogP contribution in [0.1, 0.15) is 350 Å². The largest absolute Gasteiger partial charge is 0.509 e. The van der Waals surface area contributed by atoms with Gasteiger partial charge in [-0.3, -0.25) is 9.59 Å². The molecule has 0 radical (unpaired) electrons. The van der Waals surface area contributed by atoms with Gasteiger partial charge in [0, 0.05) is 12.8 Å². The maximum Gasteiger partial charge on any atom is 0.509 e. The molecule has 2 atom stereocenters. The average Bonchev–Trinajstić information content (AvgIpc) is 3.33. The number of allylic oxidation sites excluding steroid dienone is 4. The molecule has 0 rings (SSSR count). The third kappa shape index (κ3) is 51.0. The van der Waals surface area contributed by atoms with Gasteiger partial charge in [-0.1, -0.05) is 271 Å². The van der Waals surface area contributed by atoms with E-state index in [0.717, 1.165) is 102 Å². The Hall–Kier alpha value is -1.91. The first-order valence-electron chi connectivity index (χ1n) is 31.4. The molecule has 5 nitrogen and oxygen atoms in total. The van der Waals surface area contributed by atoms with E-state index < -0.39 is 18.4 Å². The van der Waals surface area contributed by atoms with Gasteiger partial charge in [-0.2, -0.15) is 0 Å². The molecule has 5 heteroatoms. The first kappa shape index (κ1) is 68.1. The summed E-state index contributed by atoms with van der Waals surface area (Å²) in [4.78, 5) is 41.0. The van der Waals surface area contributed by atoms with Crippen molar-refractivity contribution in [1.82, 2.24) is 0 Å². The highest BCUT2D eigenvalue weighted by Crippen LogP contribution is 2.21. The van der Waals surface area contributed by atoms with Crippen molar-refractivity contribution in [3.8, 4) is 0 Å². The Bertz CT molecular complexity index is 1080. The quantitative estimate of drug-likeness (QED) is 0.0345. The SMILES string of the molecule is CCCCCC/C=C\CCCCCCCC(=O)C(CCCCCCCCCCCCC(C)C)OC(=O)OC(CCCCCCCCCCCCC(C)C)C(=O)CCCCCCC/C=C\CCCCCC. The molecule has 0 saturated heterocycles. The van der Waals surface area contributed by atoms with Gasteiger partial charge in [-0.25, -0.2) is 4.79 Å². The Kier molecular flexibility index (Phi) is 53.4. The van der Waals surface area contributed by atoms with Gasteiger partial charge in [0.25, 0.3) is 0 Å². The van der Waals surface area contributed by atoms with Gasteiger partial charge < -0.3 is 9.47 Å². The topological polar surface area (TPSA) is 69.7 Å². The number of Topliss-reactive ketones (excluding diaryl/α,β-unsaturated/α-hetero) is 2. The van der Waals surface area contributed by atoms with Crippen molar-refractivity contribution in [2.75, 3.05) is 0 Å². The van der Waals surface area contributed by atoms with E-state index in [4.69, 9.17) is 9.47 Å². The summed E-state index contributed by atoms with van der Waals surface area (Å²) in [6.07, 6.45) is 62.1. The van der Waals surface area contributed by atoms with E-state index in [9.17, 15) is 14.4 Å². The summed E-state index contributed by atoms with van der Waals surface area (Å²) >= 11 is 0. The Labute approximate surface area is 437 Å². The van der Waals surface area contributed by atoms with Crippen molar-refractivity contribution in [1.29, 1.82) is 0 Å². The molecule has 0 aliphatic heterocycles. The minimum Gasteiger partial charge on any atom is -0.423 e. The molecule has 0 heterocycles. The number of hydrogen-bond donors (Lipinski definition) is 0. The monoisotopic (exact) mass is 983 g/mol. The summed E-state index contributed by atoms with van der Waals surface area (Å²) in [5, 5.41) is 0. The number of ether oxygens (including phenoxy) is 2. The van der Waals surface area contributed by atoms with Crippen molar-refractivity contribution in [2.24, 2.45) is 11.8 Å². The lowest BCUT2D eigenvalue weighted by molar-refractivity contribution is -0.133. The van der Waals surface area contributed by atoms with Crippen molar-refractivity contribution < 1.29 is 23.9 Å². The van der Waals surface area contributed by atoms with E-state index in [1.807, 2.05) is 0 Å². The lowest BCUT2D eigenvalue weighted by atomic mass is 10.00. The van der Waals surface area contributed by atoms with E-state index >= 15 is 0 Å². The summed E-state index contributed by atoms with van der Waals surface area (Å²) < 4.78 is 11.9. The molecular formula is C65H122O5. The van der Waals surface area contributed by atoms with E-state index in [1.165, 1.54) is 193 Å². The highest BCUT2D eigenvalue weighted by Gasteiger charge is 2.28. The predicted octanol–water partition coefficient (Wildman–Crippen LogP) is 22.2. The number of unbranched alkanes of at least 4 members (excludes halogenated alkanes) is 36. The van der Waals surface area contributed by atoms with Crippen LogP contribution in [0.5, 0.6) is 0 Å². The molecule has 0 amide bonds. The molecule has 70 heavy (non-hydrogen) atoms. The van der Waals surface area contributed by atoms with Gasteiger partial charge in [0.05, 0.1) is 0 Å². The number of carbonyl (C=O) groups excluding carboxylic acids is 3. The van der Waals surface area contributed by atoms with Crippen LogP contribution in [0.15, 0.2) is 24.3 Å². The Balaban J connectivity index is 5.19. The zero-order chi connectivity index (χ0) is 51.2. The fourth-order valence-corrected chi connectivity index (χ4v) is 9.78. The lowest BCUT2D eigenvalue weighted by Crippen LogP contribution is -2.32. The molecule has 0 bridgehead atoms. The molecular weight excluding hydrogens is 861 g/mol. The summed E-state index contributed by atoms with van der Waals surface area (Å²) in [6.45, 7) is 13.8. The number of ketones is 2. The maximum absolute atomic E-state index is 13.7. The predicted molar refractivity (Wildman–Crippen MR) is 306 cm³/mol. The van der Waals surface area contributed by atoms with Gasteiger partial charge >= 0.3 is 6.16 Å². The van der Waals surface area contributed by atoms with E-state index in [2.05, 4.69) is 65.8 Å². The summed E-state index contributed by atoms with van der Waals surface area (Å²) in [6, 6.07) is 0. The van der Waals surface area contributed by atoms with Crippen LogP contribution in [0, 0.1) is 11.8 Å². The van der Waals surface area contributed by atoms with Crippen LogP contribution < -0.4 is 0 Å². The van der Waals surface area contributed by atoms with Gasteiger partial charge in [0.2, 0.25) is 0 Å². The first-order chi connectivity index (χ1) is 34.2. The summed E-state index contributed by atoms with van der Waals surface area (Å²) in [5.74, 6) is 1.65. The van der Waals surface area contributed by atoms with Crippen LogP contribution in [0.2, 0.25) is 0 Å². The average molecular weight is 984 g/mol. The number of carbonyl (C=O) groups is 3. The molecule has 2 unspecified atom stereocenters. The van der Waals surface area contributed by atoms with Crippen LogP contribution in [-0.4, -0.2) is 29.9 Å². The molecule has 0 N–H and O–H groups in total.